The molecule has 144 valence electrons. The fraction of sp³-hybridized carbons (Fsp3) is 0.346. The average Bonchev–Trinajstić information content (AvgIpc) is 3.46. The zero-order valence-electron chi connectivity index (χ0n) is 16.9. The highest BCUT2D eigenvalue weighted by molar-refractivity contribution is 6.04. The molecule has 2 saturated carbocycles. The van der Waals surface area contributed by atoms with E-state index in [0.717, 1.165) is 34.3 Å². The normalized spacial score (nSPS) is 24.3. The van der Waals surface area contributed by atoms with Gasteiger partial charge in [0.15, 0.2) is 6.20 Å². The van der Waals surface area contributed by atoms with Crippen LogP contribution in [0.1, 0.15) is 42.7 Å². The van der Waals surface area contributed by atoms with Gasteiger partial charge in [0.2, 0.25) is 5.69 Å². The maximum Gasteiger partial charge on any atom is 0.228 e. The second kappa shape index (κ2) is 5.41. The quantitative estimate of drug-likeness (QED) is 0.314. The van der Waals surface area contributed by atoms with Crippen molar-refractivity contribution in [2.75, 3.05) is 0 Å². The van der Waals surface area contributed by atoms with Crippen molar-refractivity contribution < 1.29 is 13.7 Å². The van der Waals surface area contributed by atoms with E-state index in [4.69, 9.17) is 9.15 Å². The van der Waals surface area contributed by atoms with Gasteiger partial charge in [0.1, 0.15) is 24.1 Å². The Morgan fingerprint density at radius 1 is 1.03 bits per heavy atom. The Labute approximate surface area is 169 Å². The molecule has 0 amide bonds. The molecule has 2 aromatic heterocycles. The predicted molar refractivity (Wildman–Crippen MR) is 113 cm³/mol. The number of pyridine rings is 1. The molecule has 3 aliphatic rings. The van der Waals surface area contributed by atoms with Crippen molar-refractivity contribution in [2.24, 2.45) is 18.9 Å². The lowest BCUT2D eigenvalue weighted by molar-refractivity contribution is -0.659. The minimum absolute atomic E-state index is 0.700. The minimum Gasteiger partial charge on any atom is -0.464 e. The number of nitrogens with zero attached hydrogens (tertiary/aromatic N) is 1. The van der Waals surface area contributed by atoms with Crippen LogP contribution in [0.2, 0.25) is 0 Å². The Hall–Kier alpha value is -2.81. The lowest BCUT2D eigenvalue weighted by Gasteiger charge is -2.25. The second-order valence-corrected chi connectivity index (χ2v) is 9.35. The van der Waals surface area contributed by atoms with Gasteiger partial charge in [-0.1, -0.05) is 12.5 Å². The fourth-order valence-corrected chi connectivity index (χ4v) is 6.48. The molecule has 2 bridgehead atoms. The van der Waals surface area contributed by atoms with E-state index >= 15 is 0 Å². The average molecular weight is 382 g/mol. The number of furan rings is 1. The lowest BCUT2D eigenvalue weighted by atomic mass is 9.82. The third-order valence-corrected chi connectivity index (χ3v) is 7.83. The SMILES string of the molecule is Cc1c2c(cc3occc13)Oc1cc(C3CC4CCC3C4)cc3cc[n+](C)c-2c13. The molecule has 1 aliphatic heterocycles. The Kier molecular flexibility index (Phi) is 2.99. The van der Waals surface area contributed by atoms with Gasteiger partial charge in [0.05, 0.1) is 17.2 Å². The maximum absolute atomic E-state index is 6.57. The molecular weight excluding hydrogens is 358 g/mol. The van der Waals surface area contributed by atoms with E-state index in [1.165, 1.54) is 58.8 Å². The summed E-state index contributed by atoms with van der Waals surface area (Å²) in [4.78, 5) is 0. The van der Waals surface area contributed by atoms with E-state index in [0.29, 0.717) is 5.92 Å². The van der Waals surface area contributed by atoms with Crippen molar-refractivity contribution in [3.05, 3.63) is 53.9 Å². The van der Waals surface area contributed by atoms with Gasteiger partial charge < -0.3 is 9.15 Å². The van der Waals surface area contributed by atoms with Gasteiger partial charge >= 0.3 is 0 Å². The summed E-state index contributed by atoms with van der Waals surface area (Å²) in [5.74, 6) is 4.42. The molecule has 2 aliphatic carbocycles. The molecule has 0 N–H and O–H groups in total. The molecular formula is C26H24NO2+. The number of rotatable bonds is 1. The van der Waals surface area contributed by atoms with Crippen molar-refractivity contribution in [1.29, 1.82) is 0 Å². The molecule has 29 heavy (non-hydrogen) atoms. The molecule has 3 nitrogen and oxygen atoms in total. The third-order valence-electron chi connectivity index (χ3n) is 7.83. The Morgan fingerprint density at radius 2 is 1.97 bits per heavy atom. The smallest absolute Gasteiger partial charge is 0.228 e. The summed E-state index contributed by atoms with van der Waals surface area (Å²) in [6.07, 6.45) is 9.57. The molecule has 0 saturated heterocycles. The second-order valence-electron chi connectivity index (χ2n) is 9.35. The highest BCUT2D eigenvalue weighted by Crippen LogP contribution is 2.55. The monoisotopic (exact) mass is 382 g/mol. The molecule has 4 aromatic rings. The van der Waals surface area contributed by atoms with Crippen molar-refractivity contribution in [3.63, 3.8) is 0 Å². The fourth-order valence-electron chi connectivity index (χ4n) is 6.48. The van der Waals surface area contributed by atoms with Crippen LogP contribution in [0.4, 0.5) is 0 Å². The van der Waals surface area contributed by atoms with Crippen LogP contribution >= 0.6 is 0 Å². The first kappa shape index (κ1) is 16.0. The summed E-state index contributed by atoms with van der Waals surface area (Å²) in [6.45, 7) is 2.17. The molecule has 7 rings (SSSR count). The molecule has 2 fully saturated rings. The van der Waals surface area contributed by atoms with E-state index in [-0.39, 0.29) is 0 Å². The number of aromatic nitrogens is 1. The van der Waals surface area contributed by atoms with Crippen LogP contribution in [0.3, 0.4) is 0 Å². The highest BCUT2D eigenvalue weighted by atomic mass is 16.5. The van der Waals surface area contributed by atoms with Gasteiger partial charge in [-0.15, -0.1) is 0 Å². The molecule has 3 atom stereocenters. The highest BCUT2D eigenvalue weighted by Gasteiger charge is 2.41. The third kappa shape index (κ3) is 2.06. The van der Waals surface area contributed by atoms with E-state index in [1.54, 1.807) is 6.26 Å². The number of hydrogen-bond donors (Lipinski definition) is 0. The minimum atomic E-state index is 0.700. The standard InChI is InChI=1S/C26H24NO2/c1-14-19-6-8-28-21(19)13-23-24(14)26-25-17(5-7-27(26)2)11-18(12-22(25)29-23)20-10-15-3-4-16(20)9-15/h5-8,11-13,15-16,20H,3-4,9-10H2,1-2H3/q+1. The van der Waals surface area contributed by atoms with Gasteiger partial charge in [0.25, 0.3) is 0 Å². The molecule has 0 radical (unpaired) electrons. The van der Waals surface area contributed by atoms with Crippen LogP contribution in [-0.2, 0) is 7.05 Å². The van der Waals surface area contributed by atoms with Crippen molar-refractivity contribution in [1.82, 2.24) is 0 Å². The zero-order valence-corrected chi connectivity index (χ0v) is 16.9. The Morgan fingerprint density at radius 3 is 2.79 bits per heavy atom. The summed E-state index contributed by atoms with van der Waals surface area (Å²) < 4.78 is 14.5. The van der Waals surface area contributed by atoms with Crippen LogP contribution in [0, 0.1) is 18.8 Å². The summed E-state index contributed by atoms with van der Waals surface area (Å²) in [5, 5.41) is 3.69. The number of hydrogen-bond acceptors (Lipinski definition) is 2. The number of fused-ring (bicyclic) bond motifs is 5. The van der Waals surface area contributed by atoms with Gasteiger partial charge in [-0.25, -0.2) is 4.57 Å². The van der Waals surface area contributed by atoms with Crippen LogP contribution in [-0.4, -0.2) is 0 Å². The zero-order chi connectivity index (χ0) is 19.3. The molecule has 3 unspecified atom stereocenters. The van der Waals surface area contributed by atoms with Gasteiger partial charge in [-0.3, -0.25) is 0 Å². The topological polar surface area (TPSA) is 26.2 Å². The van der Waals surface area contributed by atoms with Gasteiger partial charge in [-0.2, -0.15) is 0 Å². The van der Waals surface area contributed by atoms with Gasteiger partial charge in [0, 0.05) is 17.5 Å². The summed E-state index contributed by atoms with van der Waals surface area (Å²) in [7, 11) is 2.14. The van der Waals surface area contributed by atoms with E-state index in [9.17, 15) is 0 Å². The van der Waals surface area contributed by atoms with E-state index in [2.05, 4.69) is 55.1 Å². The first-order chi connectivity index (χ1) is 14.2. The van der Waals surface area contributed by atoms with Crippen LogP contribution in [0.25, 0.3) is 33.0 Å². The predicted octanol–water partition coefficient (Wildman–Crippen LogP) is 6.40. The number of aryl methyl sites for hydroxylation is 2. The molecule has 3 heteroatoms. The van der Waals surface area contributed by atoms with E-state index in [1.807, 2.05) is 0 Å². The largest absolute Gasteiger partial charge is 0.464 e. The van der Waals surface area contributed by atoms with Crippen molar-refractivity contribution in [2.45, 2.75) is 38.5 Å². The molecule has 3 heterocycles. The van der Waals surface area contributed by atoms with Crippen molar-refractivity contribution >= 4 is 21.7 Å². The maximum atomic E-state index is 6.57. The molecule has 0 spiro atoms. The number of benzene rings is 2. The molecule has 2 aromatic carbocycles. The van der Waals surface area contributed by atoms with Crippen molar-refractivity contribution in [3.8, 4) is 22.8 Å². The first-order valence-electron chi connectivity index (χ1n) is 10.8. The summed E-state index contributed by atoms with van der Waals surface area (Å²) in [6, 6.07) is 11.1. The van der Waals surface area contributed by atoms with Gasteiger partial charge in [-0.05, 0) is 72.6 Å². The number of ether oxygens (including phenoxy) is 1. The lowest BCUT2D eigenvalue weighted by Crippen LogP contribution is -2.31. The van der Waals surface area contributed by atoms with Crippen LogP contribution in [0.15, 0.2) is 47.2 Å². The first-order valence-corrected chi connectivity index (χ1v) is 10.8. The summed E-state index contributed by atoms with van der Waals surface area (Å²) in [5.41, 5.74) is 6.02. The Bertz CT molecular complexity index is 1330. The van der Waals surface area contributed by atoms with Crippen LogP contribution in [0.5, 0.6) is 11.5 Å². The van der Waals surface area contributed by atoms with Crippen LogP contribution < -0.4 is 9.30 Å². The summed E-state index contributed by atoms with van der Waals surface area (Å²) >= 11 is 0. The Balaban J connectivity index is 1.51. The van der Waals surface area contributed by atoms with E-state index < -0.39 is 0 Å².